The third kappa shape index (κ3) is 1.42. The van der Waals surface area contributed by atoms with Gasteiger partial charge in [0.1, 0.15) is 0 Å². The maximum absolute atomic E-state index is 12.9. The number of para-hydroxylation sites is 1. The molecule has 1 aromatic heterocycles. The molecule has 0 fully saturated rings. The second kappa shape index (κ2) is 3.18. The van der Waals surface area contributed by atoms with E-state index in [9.17, 15) is 9.50 Å². The molecule has 0 atom stereocenters. The summed E-state index contributed by atoms with van der Waals surface area (Å²) in [6.07, 6.45) is 0. The number of hydrogen-bond acceptors (Lipinski definition) is 2. The monoisotopic (exact) mass is 194 g/mol. The van der Waals surface area contributed by atoms with Gasteiger partial charge in [-0.1, -0.05) is 12.1 Å². The Balaban J connectivity index is 2.59. The Morgan fingerprint density at radius 2 is 2.08 bits per heavy atom. The van der Waals surface area contributed by atoms with Gasteiger partial charge in [0, 0.05) is 5.56 Å². The Morgan fingerprint density at radius 3 is 2.77 bits per heavy atom. The van der Waals surface area contributed by atoms with E-state index < -0.39 is 5.82 Å². The summed E-state index contributed by atoms with van der Waals surface area (Å²) >= 11 is 1.52. The standard InChI is InChI=1S/C10H7FOS/c11-9-3-1-2-8(10(9)12)7-4-5-13-6-7/h1-6,12H. The van der Waals surface area contributed by atoms with Crippen LogP contribution in [0.5, 0.6) is 5.75 Å². The molecule has 2 rings (SSSR count). The van der Waals surface area contributed by atoms with Gasteiger partial charge in [-0.3, -0.25) is 0 Å². The van der Waals surface area contributed by atoms with Crippen LogP contribution in [0.3, 0.4) is 0 Å². The van der Waals surface area contributed by atoms with Crippen LogP contribution >= 0.6 is 11.3 Å². The molecular formula is C10H7FOS. The second-order valence-electron chi connectivity index (χ2n) is 2.65. The number of thiophene rings is 1. The molecule has 0 saturated heterocycles. The largest absolute Gasteiger partial charge is 0.504 e. The highest BCUT2D eigenvalue weighted by Gasteiger charge is 2.07. The minimum Gasteiger partial charge on any atom is -0.504 e. The van der Waals surface area contributed by atoms with Crippen LogP contribution in [0, 0.1) is 5.82 Å². The van der Waals surface area contributed by atoms with Gasteiger partial charge < -0.3 is 5.11 Å². The quantitative estimate of drug-likeness (QED) is 0.738. The molecule has 0 bridgehead atoms. The van der Waals surface area contributed by atoms with Gasteiger partial charge in [0.25, 0.3) is 0 Å². The fourth-order valence-corrected chi connectivity index (χ4v) is 1.82. The number of benzene rings is 1. The molecule has 66 valence electrons. The SMILES string of the molecule is Oc1c(F)cccc1-c1ccsc1. The fourth-order valence-electron chi connectivity index (χ4n) is 1.17. The van der Waals surface area contributed by atoms with Crippen LogP contribution in [0.1, 0.15) is 0 Å². The molecule has 0 spiro atoms. The summed E-state index contributed by atoms with van der Waals surface area (Å²) in [7, 11) is 0. The lowest BCUT2D eigenvalue weighted by atomic mass is 10.1. The minimum absolute atomic E-state index is 0.277. The van der Waals surface area contributed by atoms with Crippen molar-refractivity contribution in [3.05, 3.63) is 40.8 Å². The maximum Gasteiger partial charge on any atom is 0.165 e. The lowest BCUT2D eigenvalue weighted by Gasteiger charge is -2.01. The molecule has 0 aliphatic heterocycles. The van der Waals surface area contributed by atoms with Crippen LogP contribution in [0.25, 0.3) is 11.1 Å². The summed E-state index contributed by atoms with van der Waals surface area (Å²) in [5.74, 6) is -0.857. The van der Waals surface area contributed by atoms with Gasteiger partial charge in [-0.2, -0.15) is 11.3 Å². The number of rotatable bonds is 1. The van der Waals surface area contributed by atoms with Crippen molar-refractivity contribution in [2.75, 3.05) is 0 Å². The van der Waals surface area contributed by atoms with E-state index in [1.54, 1.807) is 12.1 Å². The lowest BCUT2D eigenvalue weighted by molar-refractivity contribution is 0.434. The van der Waals surface area contributed by atoms with Crippen molar-refractivity contribution in [3.63, 3.8) is 0 Å². The van der Waals surface area contributed by atoms with Gasteiger partial charge in [0.05, 0.1) is 0 Å². The van der Waals surface area contributed by atoms with Crippen molar-refractivity contribution in [2.24, 2.45) is 0 Å². The summed E-state index contributed by atoms with van der Waals surface area (Å²) in [6.45, 7) is 0. The number of phenols is 1. The number of halogens is 1. The summed E-state index contributed by atoms with van der Waals surface area (Å²) in [5, 5.41) is 13.2. The molecule has 0 aliphatic rings. The number of phenolic OH excluding ortho intramolecular Hbond substituents is 1. The second-order valence-corrected chi connectivity index (χ2v) is 3.43. The Morgan fingerprint density at radius 1 is 1.23 bits per heavy atom. The zero-order chi connectivity index (χ0) is 9.26. The van der Waals surface area contributed by atoms with Crippen LogP contribution in [-0.4, -0.2) is 5.11 Å². The number of hydrogen-bond donors (Lipinski definition) is 1. The summed E-state index contributed by atoms with van der Waals surface area (Å²) in [5.41, 5.74) is 1.39. The van der Waals surface area contributed by atoms with E-state index in [1.165, 1.54) is 17.4 Å². The van der Waals surface area contributed by atoms with E-state index >= 15 is 0 Å². The maximum atomic E-state index is 12.9. The topological polar surface area (TPSA) is 20.2 Å². The third-order valence-corrected chi connectivity index (χ3v) is 2.50. The van der Waals surface area contributed by atoms with E-state index in [0.717, 1.165) is 5.56 Å². The summed E-state index contributed by atoms with van der Waals surface area (Å²) in [4.78, 5) is 0. The normalized spacial score (nSPS) is 10.2. The molecule has 0 saturated carbocycles. The molecule has 1 aromatic carbocycles. The zero-order valence-electron chi connectivity index (χ0n) is 6.70. The van der Waals surface area contributed by atoms with Gasteiger partial charge in [0.15, 0.2) is 11.6 Å². The van der Waals surface area contributed by atoms with E-state index in [-0.39, 0.29) is 5.75 Å². The average molecular weight is 194 g/mol. The molecule has 2 aromatic rings. The van der Waals surface area contributed by atoms with Gasteiger partial charge in [-0.25, -0.2) is 4.39 Å². The molecule has 1 heterocycles. The fraction of sp³-hybridized carbons (Fsp3) is 0. The molecular weight excluding hydrogens is 187 g/mol. The van der Waals surface area contributed by atoms with Crippen LogP contribution in [-0.2, 0) is 0 Å². The van der Waals surface area contributed by atoms with Gasteiger partial charge in [-0.05, 0) is 28.5 Å². The Bertz CT molecular complexity index is 409. The molecule has 1 N–H and O–H groups in total. The Kier molecular flexibility index (Phi) is 2.02. The van der Waals surface area contributed by atoms with Crippen LogP contribution in [0.4, 0.5) is 4.39 Å². The molecule has 13 heavy (non-hydrogen) atoms. The Labute approximate surface area is 79.1 Å². The minimum atomic E-state index is -0.580. The van der Waals surface area contributed by atoms with Gasteiger partial charge in [-0.15, -0.1) is 0 Å². The first-order chi connectivity index (χ1) is 6.29. The highest BCUT2D eigenvalue weighted by Crippen LogP contribution is 2.32. The third-order valence-electron chi connectivity index (χ3n) is 1.82. The molecule has 1 nitrogen and oxygen atoms in total. The van der Waals surface area contributed by atoms with Crippen molar-refractivity contribution in [2.45, 2.75) is 0 Å². The van der Waals surface area contributed by atoms with Crippen LogP contribution in [0.15, 0.2) is 35.0 Å². The van der Waals surface area contributed by atoms with Gasteiger partial charge >= 0.3 is 0 Å². The highest BCUT2D eigenvalue weighted by molar-refractivity contribution is 7.08. The highest BCUT2D eigenvalue weighted by atomic mass is 32.1. The zero-order valence-corrected chi connectivity index (χ0v) is 7.51. The summed E-state index contributed by atoms with van der Waals surface area (Å²) < 4.78 is 12.9. The first-order valence-corrected chi connectivity index (χ1v) is 4.73. The summed E-state index contributed by atoms with van der Waals surface area (Å²) in [6, 6.07) is 6.37. The first kappa shape index (κ1) is 8.26. The molecule has 0 aliphatic carbocycles. The van der Waals surface area contributed by atoms with E-state index in [0.29, 0.717) is 5.56 Å². The van der Waals surface area contributed by atoms with Crippen molar-refractivity contribution in [3.8, 4) is 16.9 Å². The molecule has 0 unspecified atom stereocenters. The molecule has 0 amide bonds. The molecule has 3 heteroatoms. The van der Waals surface area contributed by atoms with Crippen molar-refractivity contribution in [1.29, 1.82) is 0 Å². The predicted molar refractivity (Wildman–Crippen MR) is 51.4 cm³/mol. The average Bonchev–Trinajstić information content (AvgIpc) is 2.62. The van der Waals surface area contributed by atoms with E-state index in [1.807, 2.05) is 16.8 Å². The lowest BCUT2D eigenvalue weighted by Crippen LogP contribution is -1.79. The van der Waals surface area contributed by atoms with Crippen molar-refractivity contribution < 1.29 is 9.50 Å². The smallest absolute Gasteiger partial charge is 0.165 e. The van der Waals surface area contributed by atoms with Gasteiger partial charge in [0.2, 0.25) is 0 Å². The van der Waals surface area contributed by atoms with E-state index in [4.69, 9.17) is 0 Å². The first-order valence-electron chi connectivity index (χ1n) is 3.79. The number of aromatic hydroxyl groups is 1. The van der Waals surface area contributed by atoms with Crippen molar-refractivity contribution in [1.82, 2.24) is 0 Å². The van der Waals surface area contributed by atoms with Crippen molar-refractivity contribution >= 4 is 11.3 Å². The van der Waals surface area contributed by atoms with Crippen LogP contribution in [0.2, 0.25) is 0 Å². The van der Waals surface area contributed by atoms with Crippen LogP contribution < -0.4 is 0 Å². The predicted octanol–water partition coefficient (Wildman–Crippen LogP) is 3.26. The van der Waals surface area contributed by atoms with E-state index in [2.05, 4.69) is 0 Å². The Hall–Kier alpha value is -1.35. The molecule has 0 radical (unpaired) electrons.